The molecule has 5 rings (SSSR count). The number of nitrogens with zero attached hydrogens (tertiary/aromatic N) is 1. The van der Waals surface area contributed by atoms with Crippen molar-refractivity contribution in [2.24, 2.45) is 23.2 Å². The van der Waals surface area contributed by atoms with Gasteiger partial charge in [0.05, 0.1) is 7.11 Å². The summed E-state index contributed by atoms with van der Waals surface area (Å²) >= 11 is 0. The van der Waals surface area contributed by atoms with Crippen LogP contribution in [0.25, 0.3) is 0 Å². The van der Waals surface area contributed by atoms with Crippen LogP contribution in [0, 0.1) is 23.2 Å². The summed E-state index contributed by atoms with van der Waals surface area (Å²) < 4.78 is 5.19. The zero-order valence-corrected chi connectivity index (χ0v) is 16.0. The predicted molar refractivity (Wildman–Crippen MR) is 101 cm³/mol. The Bertz CT molecular complexity index is 683. The molecule has 0 saturated heterocycles. The first kappa shape index (κ1) is 18.3. The average molecular weight is 371 g/mol. The number of hydrogen-bond acceptors (Lipinski definition) is 4. The maximum absolute atomic E-state index is 12.9. The van der Waals surface area contributed by atoms with E-state index >= 15 is 0 Å². The Labute approximate surface area is 160 Å². The summed E-state index contributed by atoms with van der Waals surface area (Å²) in [4.78, 5) is 29.1. The first-order chi connectivity index (χ1) is 13.1. The lowest BCUT2D eigenvalue weighted by molar-refractivity contribution is -0.146. The molecule has 1 aromatic heterocycles. The number of methoxy groups -OCH3 is 1. The molecule has 0 aliphatic heterocycles. The lowest BCUT2D eigenvalue weighted by Crippen LogP contribution is -2.53. The Hall–Kier alpha value is -2.11. The number of aromatic nitrogens is 1. The number of nitrogens with one attached hydrogen (secondary N) is 2. The molecule has 0 atom stereocenters. The van der Waals surface area contributed by atoms with Crippen molar-refractivity contribution in [3.8, 4) is 5.88 Å². The fourth-order valence-corrected chi connectivity index (χ4v) is 5.89. The van der Waals surface area contributed by atoms with Crippen LogP contribution in [-0.2, 0) is 16.1 Å². The Morgan fingerprint density at radius 2 is 1.81 bits per heavy atom. The molecule has 4 aliphatic carbocycles. The van der Waals surface area contributed by atoms with Crippen LogP contribution in [0.4, 0.5) is 0 Å². The van der Waals surface area contributed by atoms with Crippen molar-refractivity contribution in [3.63, 3.8) is 0 Å². The van der Waals surface area contributed by atoms with Crippen molar-refractivity contribution in [1.82, 2.24) is 15.6 Å². The highest BCUT2D eigenvalue weighted by Crippen LogP contribution is 2.60. The highest BCUT2D eigenvalue weighted by Gasteiger charge is 2.54. The molecule has 0 spiro atoms. The number of hydrogen-bond donors (Lipinski definition) is 2. The normalized spacial score (nSPS) is 30.8. The van der Waals surface area contributed by atoms with Crippen molar-refractivity contribution in [3.05, 3.63) is 23.9 Å². The van der Waals surface area contributed by atoms with E-state index in [1.165, 1.54) is 19.3 Å². The second-order valence-corrected chi connectivity index (χ2v) is 8.65. The van der Waals surface area contributed by atoms with Gasteiger partial charge in [0.2, 0.25) is 17.7 Å². The first-order valence-corrected chi connectivity index (χ1v) is 10.1. The number of pyridine rings is 1. The molecule has 0 radical (unpaired) electrons. The van der Waals surface area contributed by atoms with E-state index < -0.39 is 0 Å². The van der Waals surface area contributed by atoms with Gasteiger partial charge in [-0.2, -0.15) is 0 Å². The number of carbonyl (C=O) groups is 2. The molecular weight excluding hydrogens is 342 g/mol. The van der Waals surface area contributed by atoms with E-state index in [4.69, 9.17) is 4.74 Å². The predicted octanol–water partition coefficient (Wildman–Crippen LogP) is 2.43. The van der Waals surface area contributed by atoms with Gasteiger partial charge in [0.15, 0.2) is 0 Å². The molecular formula is C21H29N3O3. The molecule has 1 heterocycles. The SMILES string of the molecule is COc1ncccc1CNC(=O)CCNC(=O)C12CC3CC(CC(C3)C1)C2. The van der Waals surface area contributed by atoms with Crippen LogP contribution in [0.2, 0.25) is 0 Å². The summed E-state index contributed by atoms with van der Waals surface area (Å²) in [6.45, 7) is 0.773. The van der Waals surface area contributed by atoms with Crippen LogP contribution in [0.15, 0.2) is 18.3 Å². The molecule has 4 saturated carbocycles. The second kappa shape index (κ2) is 7.49. The van der Waals surface area contributed by atoms with Crippen molar-refractivity contribution in [2.45, 2.75) is 51.5 Å². The Kier molecular flexibility index (Phi) is 5.06. The number of ether oxygens (including phenoxy) is 1. The largest absolute Gasteiger partial charge is 0.481 e. The third-order valence-corrected chi connectivity index (χ3v) is 6.68. The molecule has 1 aromatic rings. The number of rotatable bonds is 7. The summed E-state index contributed by atoms with van der Waals surface area (Å²) in [5.41, 5.74) is 0.694. The van der Waals surface area contributed by atoms with E-state index in [-0.39, 0.29) is 17.2 Å². The van der Waals surface area contributed by atoms with Crippen molar-refractivity contribution >= 4 is 11.8 Å². The van der Waals surface area contributed by atoms with Crippen LogP contribution in [0.3, 0.4) is 0 Å². The summed E-state index contributed by atoms with van der Waals surface area (Å²) in [5, 5.41) is 5.93. The molecule has 6 heteroatoms. The Balaban J connectivity index is 1.23. The summed E-state index contributed by atoms with van der Waals surface area (Å²) in [6, 6.07) is 3.69. The molecule has 4 bridgehead atoms. The quantitative estimate of drug-likeness (QED) is 0.771. The van der Waals surface area contributed by atoms with Gasteiger partial charge in [0.25, 0.3) is 0 Å². The highest BCUT2D eigenvalue weighted by molar-refractivity contribution is 5.84. The fourth-order valence-electron chi connectivity index (χ4n) is 5.89. The molecule has 0 unspecified atom stereocenters. The van der Waals surface area contributed by atoms with E-state index in [1.54, 1.807) is 13.3 Å². The monoisotopic (exact) mass is 371 g/mol. The molecule has 6 nitrogen and oxygen atoms in total. The van der Waals surface area contributed by atoms with Crippen LogP contribution >= 0.6 is 0 Å². The van der Waals surface area contributed by atoms with Crippen LogP contribution in [0.1, 0.15) is 50.5 Å². The van der Waals surface area contributed by atoms with Gasteiger partial charge in [0.1, 0.15) is 0 Å². The topological polar surface area (TPSA) is 80.3 Å². The second-order valence-electron chi connectivity index (χ2n) is 8.65. The zero-order valence-electron chi connectivity index (χ0n) is 16.0. The maximum Gasteiger partial charge on any atom is 0.226 e. The van der Waals surface area contributed by atoms with E-state index in [0.29, 0.717) is 25.4 Å². The van der Waals surface area contributed by atoms with Crippen molar-refractivity contribution in [2.75, 3.05) is 13.7 Å². The minimum absolute atomic E-state index is 0.0771. The molecule has 146 valence electrons. The van der Waals surface area contributed by atoms with Gasteiger partial charge in [-0.15, -0.1) is 0 Å². The van der Waals surface area contributed by atoms with E-state index in [0.717, 1.165) is 42.6 Å². The standard InChI is InChI=1S/C21H29N3O3/c1-27-19-17(3-2-5-22-19)13-24-18(25)4-6-23-20(26)21-10-14-7-15(11-21)9-16(8-14)12-21/h2-3,5,14-16H,4,6-13H2,1H3,(H,23,26)(H,24,25). The molecule has 4 fully saturated rings. The maximum atomic E-state index is 12.9. The van der Waals surface area contributed by atoms with Gasteiger partial charge >= 0.3 is 0 Å². The van der Waals surface area contributed by atoms with Gasteiger partial charge in [-0.1, -0.05) is 6.07 Å². The van der Waals surface area contributed by atoms with Gasteiger partial charge in [0, 0.05) is 36.7 Å². The van der Waals surface area contributed by atoms with E-state index in [9.17, 15) is 9.59 Å². The average Bonchev–Trinajstić information content (AvgIpc) is 2.65. The van der Waals surface area contributed by atoms with E-state index in [1.807, 2.05) is 12.1 Å². The van der Waals surface area contributed by atoms with Crippen LogP contribution < -0.4 is 15.4 Å². The molecule has 2 amide bonds. The zero-order chi connectivity index (χ0) is 18.9. The molecule has 27 heavy (non-hydrogen) atoms. The van der Waals surface area contributed by atoms with Crippen LogP contribution in [0.5, 0.6) is 5.88 Å². The molecule has 2 N–H and O–H groups in total. The first-order valence-electron chi connectivity index (χ1n) is 10.1. The van der Waals surface area contributed by atoms with Crippen LogP contribution in [-0.4, -0.2) is 30.5 Å². The van der Waals surface area contributed by atoms with Gasteiger partial charge < -0.3 is 15.4 Å². The Morgan fingerprint density at radius 3 is 2.44 bits per heavy atom. The molecule has 0 aromatic carbocycles. The summed E-state index contributed by atoms with van der Waals surface area (Å²) in [6.07, 6.45) is 9.09. The third-order valence-electron chi connectivity index (χ3n) is 6.68. The third kappa shape index (κ3) is 3.80. The van der Waals surface area contributed by atoms with Gasteiger partial charge in [-0.05, 0) is 62.3 Å². The number of amides is 2. The lowest BCUT2D eigenvalue weighted by atomic mass is 9.49. The Morgan fingerprint density at radius 1 is 1.15 bits per heavy atom. The summed E-state index contributed by atoms with van der Waals surface area (Å²) in [5.74, 6) is 2.88. The van der Waals surface area contributed by atoms with Gasteiger partial charge in [-0.25, -0.2) is 4.98 Å². The minimum atomic E-state index is -0.145. The number of carbonyl (C=O) groups excluding carboxylic acids is 2. The van der Waals surface area contributed by atoms with Gasteiger partial charge in [-0.3, -0.25) is 9.59 Å². The van der Waals surface area contributed by atoms with Crippen molar-refractivity contribution in [1.29, 1.82) is 0 Å². The smallest absolute Gasteiger partial charge is 0.226 e. The summed E-state index contributed by atoms with van der Waals surface area (Å²) in [7, 11) is 1.56. The molecule has 4 aliphatic rings. The fraction of sp³-hybridized carbons (Fsp3) is 0.667. The lowest BCUT2D eigenvalue weighted by Gasteiger charge is -2.55. The van der Waals surface area contributed by atoms with Crippen molar-refractivity contribution < 1.29 is 14.3 Å². The van der Waals surface area contributed by atoms with E-state index in [2.05, 4.69) is 15.6 Å². The minimum Gasteiger partial charge on any atom is -0.481 e. The highest BCUT2D eigenvalue weighted by atomic mass is 16.5.